The van der Waals surface area contributed by atoms with Crippen LogP contribution >= 0.6 is 0 Å². The van der Waals surface area contributed by atoms with Crippen molar-refractivity contribution in [3.8, 4) is 0 Å². The summed E-state index contributed by atoms with van der Waals surface area (Å²) in [4.78, 5) is 1.07. The van der Waals surface area contributed by atoms with E-state index in [-0.39, 0.29) is 30.2 Å². The SMILES string of the molecule is CCNS(=O)(=O)c1ccc(N(CCN)CC(F)(F)F)cc1. The minimum atomic E-state index is -4.36. The van der Waals surface area contributed by atoms with E-state index in [4.69, 9.17) is 5.73 Å². The zero-order valence-corrected chi connectivity index (χ0v) is 12.3. The molecule has 21 heavy (non-hydrogen) atoms. The van der Waals surface area contributed by atoms with Crippen molar-refractivity contribution < 1.29 is 21.6 Å². The highest BCUT2D eigenvalue weighted by Gasteiger charge is 2.30. The van der Waals surface area contributed by atoms with E-state index in [1.165, 1.54) is 24.3 Å². The zero-order chi connectivity index (χ0) is 16.1. The second-order valence-electron chi connectivity index (χ2n) is 4.32. The molecule has 0 amide bonds. The fourth-order valence-electron chi connectivity index (χ4n) is 1.78. The van der Waals surface area contributed by atoms with Gasteiger partial charge in [-0.1, -0.05) is 6.92 Å². The largest absolute Gasteiger partial charge is 0.405 e. The van der Waals surface area contributed by atoms with Gasteiger partial charge in [0.1, 0.15) is 6.54 Å². The normalized spacial score (nSPS) is 12.4. The van der Waals surface area contributed by atoms with Crippen LogP contribution in [0, 0.1) is 0 Å². The standard InChI is InChI=1S/C12H18F3N3O2S/c1-2-17-21(19,20)11-5-3-10(4-6-11)18(8-7-16)9-12(13,14)15/h3-6,17H,2,7-9,16H2,1H3. The van der Waals surface area contributed by atoms with Crippen LogP contribution in [-0.4, -0.2) is 40.8 Å². The van der Waals surface area contributed by atoms with Crippen LogP contribution in [0.4, 0.5) is 18.9 Å². The molecule has 0 aromatic heterocycles. The number of anilines is 1. The van der Waals surface area contributed by atoms with Gasteiger partial charge >= 0.3 is 6.18 Å². The van der Waals surface area contributed by atoms with E-state index in [1.54, 1.807) is 6.92 Å². The maximum atomic E-state index is 12.5. The van der Waals surface area contributed by atoms with E-state index >= 15 is 0 Å². The van der Waals surface area contributed by atoms with Crippen molar-refractivity contribution in [2.24, 2.45) is 5.73 Å². The number of hydrogen-bond acceptors (Lipinski definition) is 4. The first-order valence-electron chi connectivity index (χ1n) is 6.31. The van der Waals surface area contributed by atoms with Crippen molar-refractivity contribution >= 4 is 15.7 Å². The molecule has 120 valence electrons. The van der Waals surface area contributed by atoms with Crippen molar-refractivity contribution in [3.63, 3.8) is 0 Å². The molecule has 0 aliphatic carbocycles. The number of nitrogens with zero attached hydrogens (tertiary/aromatic N) is 1. The summed E-state index contributed by atoms with van der Waals surface area (Å²) in [7, 11) is -3.62. The van der Waals surface area contributed by atoms with Crippen LogP contribution in [0.25, 0.3) is 0 Å². The second kappa shape index (κ2) is 7.10. The summed E-state index contributed by atoms with van der Waals surface area (Å²) in [5, 5.41) is 0. The first-order valence-corrected chi connectivity index (χ1v) is 7.79. The van der Waals surface area contributed by atoms with Gasteiger partial charge in [0.25, 0.3) is 0 Å². The number of nitrogens with one attached hydrogen (secondary N) is 1. The molecule has 0 aliphatic rings. The van der Waals surface area contributed by atoms with Crippen LogP contribution in [0.15, 0.2) is 29.2 Å². The van der Waals surface area contributed by atoms with E-state index in [9.17, 15) is 21.6 Å². The molecule has 0 saturated heterocycles. The lowest BCUT2D eigenvalue weighted by Gasteiger charge is -2.25. The molecule has 1 aromatic carbocycles. The van der Waals surface area contributed by atoms with Crippen LogP contribution in [0.3, 0.4) is 0 Å². The molecule has 3 N–H and O–H groups in total. The minimum absolute atomic E-state index is 0.00723. The fourth-order valence-corrected chi connectivity index (χ4v) is 2.82. The maximum Gasteiger partial charge on any atom is 0.405 e. The number of hydrogen-bond donors (Lipinski definition) is 2. The Kier molecular flexibility index (Phi) is 5.99. The monoisotopic (exact) mass is 325 g/mol. The molecule has 1 aromatic rings. The van der Waals surface area contributed by atoms with Gasteiger partial charge in [-0.2, -0.15) is 13.2 Å². The smallest absolute Gasteiger partial charge is 0.361 e. The average molecular weight is 325 g/mol. The number of nitrogens with two attached hydrogens (primary N) is 1. The molecule has 9 heteroatoms. The Morgan fingerprint density at radius 3 is 2.24 bits per heavy atom. The van der Waals surface area contributed by atoms with Crippen LogP contribution in [0.2, 0.25) is 0 Å². The maximum absolute atomic E-state index is 12.5. The van der Waals surface area contributed by atoms with E-state index in [0.29, 0.717) is 0 Å². The van der Waals surface area contributed by atoms with Gasteiger partial charge in [-0.3, -0.25) is 0 Å². The first kappa shape index (κ1) is 17.7. The predicted octanol–water partition coefficient (Wildman–Crippen LogP) is 1.31. The number of halogens is 3. The Morgan fingerprint density at radius 1 is 1.24 bits per heavy atom. The average Bonchev–Trinajstić information content (AvgIpc) is 2.37. The lowest BCUT2D eigenvalue weighted by atomic mass is 10.3. The highest BCUT2D eigenvalue weighted by molar-refractivity contribution is 7.89. The minimum Gasteiger partial charge on any atom is -0.361 e. The number of alkyl halides is 3. The van der Waals surface area contributed by atoms with Gasteiger partial charge in [0.2, 0.25) is 10.0 Å². The fraction of sp³-hybridized carbons (Fsp3) is 0.500. The predicted molar refractivity (Wildman–Crippen MR) is 74.6 cm³/mol. The Morgan fingerprint density at radius 2 is 1.81 bits per heavy atom. The van der Waals surface area contributed by atoms with Crippen LogP contribution in [-0.2, 0) is 10.0 Å². The summed E-state index contributed by atoms with van der Waals surface area (Å²) in [5.74, 6) is 0. The third-order valence-corrected chi connectivity index (χ3v) is 4.18. The summed E-state index contributed by atoms with van der Waals surface area (Å²) < 4.78 is 63.3. The molecule has 0 fully saturated rings. The quantitative estimate of drug-likeness (QED) is 0.793. The molecule has 5 nitrogen and oxygen atoms in total. The highest BCUT2D eigenvalue weighted by atomic mass is 32.2. The van der Waals surface area contributed by atoms with Crippen molar-refractivity contribution in [2.75, 3.05) is 31.1 Å². The third kappa shape index (κ3) is 5.52. The summed E-state index contributed by atoms with van der Waals surface area (Å²) in [6.07, 6.45) is -4.36. The molecule has 0 saturated carbocycles. The lowest BCUT2D eigenvalue weighted by Crippen LogP contribution is -2.37. The van der Waals surface area contributed by atoms with E-state index in [2.05, 4.69) is 4.72 Å². The van der Waals surface area contributed by atoms with E-state index < -0.39 is 22.7 Å². The van der Waals surface area contributed by atoms with E-state index in [0.717, 1.165) is 4.90 Å². The topological polar surface area (TPSA) is 75.4 Å². The van der Waals surface area contributed by atoms with Gasteiger partial charge in [-0.05, 0) is 24.3 Å². The summed E-state index contributed by atoms with van der Waals surface area (Å²) in [5.41, 5.74) is 5.58. The molecule has 0 atom stereocenters. The molecular formula is C12H18F3N3O2S. The molecule has 0 radical (unpaired) electrons. The molecule has 0 aliphatic heterocycles. The third-order valence-electron chi connectivity index (χ3n) is 2.62. The highest BCUT2D eigenvalue weighted by Crippen LogP contribution is 2.23. The first-order chi connectivity index (χ1) is 9.69. The van der Waals surface area contributed by atoms with Crippen molar-refractivity contribution in [3.05, 3.63) is 24.3 Å². The molecule has 1 rings (SSSR count). The van der Waals surface area contributed by atoms with Crippen LogP contribution in [0.5, 0.6) is 0 Å². The Balaban J connectivity index is 2.98. The van der Waals surface area contributed by atoms with Crippen molar-refractivity contribution in [1.82, 2.24) is 4.72 Å². The Labute approximate surface area is 122 Å². The molecule has 0 spiro atoms. The van der Waals surface area contributed by atoms with Gasteiger partial charge in [-0.25, -0.2) is 13.1 Å². The molecule has 0 unspecified atom stereocenters. The summed E-state index contributed by atoms with van der Waals surface area (Å²) in [6.45, 7) is 0.825. The Hall–Kier alpha value is -1.32. The molecule has 0 heterocycles. The van der Waals surface area contributed by atoms with Gasteiger partial charge in [0.15, 0.2) is 0 Å². The number of sulfonamides is 1. The van der Waals surface area contributed by atoms with E-state index in [1.807, 2.05) is 0 Å². The summed E-state index contributed by atoms with van der Waals surface area (Å²) in [6, 6.07) is 5.22. The van der Waals surface area contributed by atoms with Crippen molar-refractivity contribution in [2.45, 2.75) is 18.0 Å². The van der Waals surface area contributed by atoms with Gasteiger partial charge in [-0.15, -0.1) is 0 Å². The van der Waals surface area contributed by atoms with Gasteiger partial charge in [0, 0.05) is 25.3 Å². The van der Waals surface area contributed by atoms with Gasteiger partial charge in [0.05, 0.1) is 4.90 Å². The summed E-state index contributed by atoms with van der Waals surface area (Å²) >= 11 is 0. The molecule has 0 bridgehead atoms. The second-order valence-corrected chi connectivity index (χ2v) is 6.09. The lowest BCUT2D eigenvalue weighted by molar-refractivity contribution is -0.119. The van der Waals surface area contributed by atoms with Crippen LogP contribution < -0.4 is 15.4 Å². The molecular weight excluding hydrogens is 307 g/mol. The number of benzene rings is 1. The zero-order valence-electron chi connectivity index (χ0n) is 11.5. The van der Waals surface area contributed by atoms with Gasteiger partial charge < -0.3 is 10.6 Å². The Bertz CT molecular complexity index is 544. The van der Waals surface area contributed by atoms with Crippen molar-refractivity contribution in [1.29, 1.82) is 0 Å². The number of rotatable bonds is 7. The van der Waals surface area contributed by atoms with Crippen LogP contribution in [0.1, 0.15) is 6.92 Å².